The maximum absolute atomic E-state index is 14.0. The van der Waals surface area contributed by atoms with Crippen molar-refractivity contribution < 1.29 is 14.0 Å². The van der Waals surface area contributed by atoms with E-state index in [-0.39, 0.29) is 11.5 Å². The monoisotopic (exact) mass is 423 g/mol. The van der Waals surface area contributed by atoms with Crippen LogP contribution in [0.25, 0.3) is 0 Å². The van der Waals surface area contributed by atoms with Gasteiger partial charge in [-0.05, 0) is 68.4 Å². The molecule has 0 atom stereocenters. The van der Waals surface area contributed by atoms with Crippen LogP contribution in [0, 0.1) is 11.7 Å². The molecule has 2 aromatic rings. The largest absolute Gasteiger partial charge is 0.371 e. The number of piperidine rings is 2. The Balaban J connectivity index is 1.62. The molecule has 0 bridgehead atoms. The second-order valence-electron chi connectivity index (χ2n) is 8.69. The Morgan fingerprint density at radius 2 is 1.65 bits per heavy atom. The molecule has 0 saturated carbocycles. The van der Waals surface area contributed by atoms with Crippen molar-refractivity contribution in [2.24, 2.45) is 5.92 Å². The van der Waals surface area contributed by atoms with Gasteiger partial charge in [-0.2, -0.15) is 0 Å². The van der Waals surface area contributed by atoms with Crippen molar-refractivity contribution in [3.63, 3.8) is 0 Å². The molecule has 2 fully saturated rings. The molecule has 0 aliphatic carbocycles. The first-order chi connectivity index (χ1) is 15.0. The summed E-state index contributed by atoms with van der Waals surface area (Å²) in [5.74, 6) is -0.441. The topological polar surface area (TPSA) is 52.7 Å². The summed E-state index contributed by atoms with van der Waals surface area (Å²) < 4.78 is 14.0. The number of carbonyl (C=O) groups excluding carboxylic acids is 2. The third-order valence-corrected chi connectivity index (χ3v) is 6.37. The molecule has 2 aliphatic heterocycles. The van der Waals surface area contributed by atoms with Gasteiger partial charge in [0.05, 0.1) is 11.1 Å². The van der Waals surface area contributed by atoms with Crippen LogP contribution in [-0.2, 0) is 0 Å². The zero-order valence-corrected chi connectivity index (χ0v) is 18.1. The number of hydrogen-bond acceptors (Lipinski definition) is 3. The fraction of sp³-hybridized carbons (Fsp3) is 0.440. The summed E-state index contributed by atoms with van der Waals surface area (Å²) >= 11 is 0. The van der Waals surface area contributed by atoms with Crippen LogP contribution in [-0.4, -0.2) is 42.9 Å². The summed E-state index contributed by atoms with van der Waals surface area (Å²) in [7, 11) is 0. The lowest BCUT2D eigenvalue weighted by Gasteiger charge is -2.34. The van der Waals surface area contributed by atoms with Crippen LogP contribution in [0.15, 0.2) is 42.5 Å². The summed E-state index contributed by atoms with van der Waals surface area (Å²) in [6.07, 6.45) is 5.45. The number of amides is 2. The van der Waals surface area contributed by atoms with Gasteiger partial charge in [0.25, 0.3) is 11.8 Å². The lowest BCUT2D eigenvalue weighted by atomic mass is 9.98. The van der Waals surface area contributed by atoms with E-state index < -0.39 is 11.7 Å². The Hall–Kier alpha value is -2.89. The highest BCUT2D eigenvalue weighted by Gasteiger charge is 2.26. The molecular formula is C25H30FN3O2. The number of hydrogen-bond donors (Lipinski definition) is 1. The van der Waals surface area contributed by atoms with E-state index in [0.717, 1.165) is 57.5 Å². The predicted molar refractivity (Wildman–Crippen MR) is 121 cm³/mol. The molecular weight excluding hydrogens is 393 g/mol. The van der Waals surface area contributed by atoms with Gasteiger partial charge in [-0.3, -0.25) is 9.59 Å². The van der Waals surface area contributed by atoms with Gasteiger partial charge >= 0.3 is 0 Å². The van der Waals surface area contributed by atoms with Crippen molar-refractivity contribution in [2.45, 2.75) is 39.0 Å². The van der Waals surface area contributed by atoms with Gasteiger partial charge in [0, 0.05) is 37.6 Å². The zero-order valence-electron chi connectivity index (χ0n) is 18.1. The van der Waals surface area contributed by atoms with Crippen molar-refractivity contribution in [2.75, 3.05) is 36.4 Å². The molecule has 2 amide bonds. The lowest BCUT2D eigenvalue weighted by Crippen LogP contribution is -2.39. The number of rotatable bonds is 4. The predicted octanol–water partition coefficient (Wildman–Crippen LogP) is 4.94. The summed E-state index contributed by atoms with van der Waals surface area (Å²) in [6, 6.07) is 11.4. The van der Waals surface area contributed by atoms with Crippen molar-refractivity contribution >= 4 is 23.2 Å². The summed E-state index contributed by atoms with van der Waals surface area (Å²) in [6.45, 7) is 5.59. The number of benzene rings is 2. The molecule has 0 unspecified atom stereocenters. The van der Waals surface area contributed by atoms with Crippen LogP contribution < -0.4 is 10.2 Å². The average molecular weight is 424 g/mol. The highest BCUT2D eigenvalue weighted by molar-refractivity contribution is 6.06. The molecule has 0 spiro atoms. The maximum Gasteiger partial charge on any atom is 0.258 e. The summed E-state index contributed by atoms with van der Waals surface area (Å²) in [5, 5.41) is 2.77. The normalized spacial score (nSPS) is 17.5. The molecule has 4 rings (SSSR count). The highest BCUT2D eigenvalue weighted by Crippen LogP contribution is 2.30. The van der Waals surface area contributed by atoms with Gasteiger partial charge in [-0.25, -0.2) is 4.39 Å². The second kappa shape index (κ2) is 9.50. The smallest absolute Gasteiger partial charge is 0.258 e. The van der Waals surface area contributed by atoms with Crippen LogP contribution in [0.1, 0.15) is 59.7 Å². The van der Waals surface area contributed by atoms with Crippen molar-refractivity contribution in [1.29, 1.82) is 0 Å². The van der Waals surface area contributed by atoms with E-state index in [4.69, 9.17) is 0 Å². The molecule has 5 nitrogen and oxygen atoms in total. The van der Waals surface area contributed by atoms with E-state index in [1.165, 1.54) is 18.6 Å². The molecule has 2 saturated heterocycles. The minimum atomic E-state index is -0.566. The molecule has 2 heterocycles. The van der Waals surface area contributed by atoms with Gasteiger partial charge in [-0.1, -0.05) is 19.1 Å². The first-order valence-corrected chi connectivity index (χ1v) is 11.3. The molecule has 0 radical (unpaired) electrons. The molecule has 31 heavy (non-hydrogen) atoms. The Labute approximate surface area is 183 Å². The van der Waals surface area contributed by atoms with Gasteiger partial charge in [-0.15, -0.1) is 0 Å². The average Bonchev–Trinajstić information content (AvgIpc) is 2.80. The third-order valence-electron chi connectivity index (χ3n) is 6.37. The minimum Gasteiger partial charge on any atom is -0.371 e. The SMILES string of the molecule is CC1CCN(C(=O)c2cc(NC(=O)c3ccccc3F)ccc2N2CCCCC2)CC1. The maximum atomic E-state index is 14.0. The Morgan fingerprint density at radius 1 is 0.935 bits per heavy atom. The number of nitrogens with one attached hydrogen (secondary N) is 1. The Bertz CT molecular complexity index is 948. The van der Waals surface area contributed by atoms with Gasteiger partial charge in [0.1, 0.15) is 5.82 Å². The fourth-order valence-corrected chi connectivity index (χ4v) is 4.42. The molecule has 6 heteroatoms. The number of likely N-dealkylation sites (tertiary alicyclic amines) is 1. The van der Waals surface area contributed by atoms with Crippen LogP contribution in [0.4, 0.5) is 15.8 Å². The fourth-order valence-electron chi connectivity index (χ4n) is 4.42. The minimum absolute atomic E-state index is 0.00876. The quantitative estimate of drug-likeness (QED) is 0.758. The zero-order chi connectivity index (χ0) is 21.8. The Morgan fingerprint density at radius 3 is 2.35 bits per heavy atom. The van der Waals surface area contributed by atoms with Crippen molar-refractivity contribution in [1.82, 2.24) is 4.90 Å². The highest BCUT2D eigenvalue weighted by atomic mass is 19.1. The third kappa shape index (κ3) is 4.89. The number of anilines is 2. The van der Waals surface area contributed by atoms with Gasteiger partial charge < -0.3 is 15.1 Å². The standard InChI is InChI=1S/C25H30FN3O2/c1-18-11-15-29(16-12-18)25(31)21-17-19(9-10-23(21)28-13-5-2-6-14-28)27-24(30)20-7-3-4-8-22(20)26/h3-4,7-10,17-18H,2,5-6,11-16H2,1H3,(H,27,30). The molecule has 164 valence electrons. The van der Waals surface area contributed by atoms with E-state index in [2.05, 4.69) is 17.1 Å². The van der Waals surface area contributed by atoms with E-state index in [1.807, 2.05) is 11.0 Å². The first kappa shape index (κ1) is 21.3. The van der Waals surface area contributed by atoms with Crippen LogP contribution in [0.5, 0.6) is 0 Å². The lowest BCUT2D eigenvalue weighted by molar-refractivity contribution is 0.0697. The summed E-state index contributed by atoms with van der Waals surface area (Å²) in [5.41, 5.74) is 2.03. The molecule has 2 aliphatic rings. The number of carbonyl (C=O) groups is 2. The van der Waals surface area contributed by atoms with E-state index >= 15 is 0 Å². The molecule has 2 aromatic carbocycles. The first-order valence-electron chi connectivity index (χ1n) is 11.3. The van der Waals surface area contributed by atoms with Crippen molar-refractivity contribution in [3.8, 4) is 0 Å². The van der Waals surface area contributed by atoms with Crippen LogP contribution >= 0.6 is 0 Å². The number of nitrogens with zero attached hydrogens (tertiary/aromatic N) is 2. The van der Waals surface area contributed by atoms with Crippen LogP contribution in [0.3, 0.4) is 0 Å². The second-order valence-corrected chi connectivity index (χ2v) is 8.69. The van der Waals surface area contributed by atoms with Crippen molar-refractivity contribution in [3.05, 3.63) is 59.4 Å². The number of halogens is 1. The molecule has 1 N–H and O–H groups in total. The van der Waals surface area contributed by atoms with E-state index in [0.29, 0.717) is 17.2 Å². The Kier molecular flexibility index (Phi) is 6.54. The summed E-state index contributed by atoms with van der Waals surface area (Å²) in [4.78, 5) is 30.2. The van der Waals surface area contributed by atoms with Crippen LogP contribution in [0.2, 0.25) is 0 Å². The van der Waals surface area contributed by atoms with Gasteiger partial charge in [0.2, 0.25) is 0 Å². The molecule has 0 aromatic heterocycles. The van der Waals surface area contributed by atoms with E-state index in [9.17, 15) is 14.0 Å². The van der Waals surface area contributed by atoms with Gasteiger partial charge in [0.15, 0.2) is 0 Å². The van der Waals surface area contributed by atoms with E-state index in [1.54, 1.807) is 24.3 Å².